The number of ether oxygens (including phenoxy) is 4. The van der Waals surface area contributed by atoms with Gasteiger partial charge in [-0.05, 0) is 77.5 Å². The Kier molecular flexibility index (Phi) is 10.1. The third kappa shape index (κ3) is 6.86. The lowest BCUT2D eigenvalue weighted by Crippen LogP contribution is -2.48. The SMILES string of the molecule is COc1cc2c(c(CN3CCN(S(C)(=O)=O)CC3)c1OC)C1(CC2(C)C)CC(C)(C)c2cc3c(c(CN4CCN(S(C)(=O)=O)CC4)c21)Oc1c(nc(C)c(C)c1C#N)O3. The highest BCUT2D eigenvalue weighted by Gasteiger charge is 2.60. The van der Waals surface area contributed by atoms with Crippen LogP contribution in [-0.4, -0.2) is 119 Å². The number of benzene rings is 2. The Hall–Kier alpha value is -3.98. The molecular formula is C43H56N6O8S2. The van der Waals surface area contributed by atoms with Crippen molar-refractivity contribution < 1.29 is 35.8 Å². The molecule has 0 amide bonds. The molecule has 2 saturated heterocycles. The molecule has 5 aliphatic rings. The first-order valence-corrected chi connectivity index (χ1v) is 23.9. The summed E-state index contributed by atoms with van der Waals surface area (Å²) in [6, 6.07) is 6.61. The highest BCUT2D eigenvalue weighted by molar-refractivity contribution is 7.88. The van der Waals surface area contributed by atoms with Crippen molar-refractivity contribution in [3.63, 3.8) is 0 Å². The standard InChI is InChI=1S/C43H56N6O8S2/c1-26-27(2)45-40-39(28(26)21-44)57-38-30(23-47-13-17-49(18-14-47)59(10,52)53)36-32(20-34(38)56-40)42(5,6)25-43(36)24-41(3,4)31-19-33(54-7)37(55-8)29(35(31)43)22-46-11-15-48(16-12-46)58(9,50)51/h19-20H,11-18,22-25H2,1-10H3. The van der Waals surface area contributed by atoms with Gasteiger partial charge in [0, 0.05) is 87.7 Å². The second-order valence-corrected chi connectivity index (χ2v) is 22.3. The molecule has 2 aliphatic carbocycles. The van der Waals surface area contributed by atoms with Crippen molar-refractivity contribution in [3.05, 3.63) is 62.3 Å². The van der Waals surface area contributed by atoms with Crippen LogP contribution in [0.1, 0.15) is 90.7 Å². The summed E-state index contributed by atoms with van der Waals surface area (Å²) in [6.07, 6.45) is 4.08. The zero-order valence-electron chi connectivity index (χ0n) is 35.9. The van der Waals surface area contributed by atoms with Crippen LogP contribution in [0.15, 0.2) is 12.1 Å². The summed E-state index contributed by atoms with van der Waals surface area (Å²) in [5.41, 5.74) is 7.28. The Morgan fingerprint density at radius 3 is 1.75 bits per heavy atom. The van der Waals surface area contributed by atoms with E-state index in [-0.39, 0.29) is 16.7 Å². The first-order valence-electron chi connectivity index (χ1n) is 20.2. The number of pyridine rings is 1. The zero-order chi connectivity index (χ0) is 42.6. The molecule has 16 heteroatoms. The molecule has 4 heterocycles. The average Bonchev–Trinajstić information content (AvgIpc) is 3.52. The molecular weight excluding hydrogens is 793 g/mol. The predicted molar refractivity (Wildman–Crippen MR) is 224 cm³/mol. The van der Waals surface area contributed by atoms with Crippen LogP contribution >= 0.6 is 0 Å². The van der Waals surface area contributed by atoms with E-state index in [1.807, 2.05) is 13.8 Å². The summed E-state index contributed by atoms with van der Waals surface area (Å²) < 4.78 is 79.1. The average molecular weight is 849 g/mol. The highest BCUT2D eigenvalue weighted by atomic mass is 32.2. The maximum atomic E-state index is 12.6. The fraction of sp³-hybridized carbons (Fsp3) is 0.581. The monoisotopic (exact) mass is 848 g/mol. The molecule has 0 bridgehead atoms. The van der Waals surface area contributed by atoms with E-state index in [0.29, 0.717) is 105 Å². The van der Waals surface area contributed by atoms with Crippen LogP contribution in [0.4, 0.5) is 0 Å². The van der Waals surface area contributed by atoms with Gasteiger partial charge in [0.05, 0.1) is 26.7 Å². The quantitative estimate of drug-likeness (QED) is 0.227. The number of aryl methyl sites for hydroxylation is 1. The molecule has 0 saturated carbocycles. The van der Waals surface area contributed by atoms with Gasteiger partial charge in [0.15, 0.2) is 23.0 Å². The van der Waals surface area contributed by atoms with Crippen LogP contribution in [0.3, 0.4) is 0 Å². The van der Waals surface area contributed by atoms with Gasteiger partial charge in [-0.2, -0.15) is 13.9 Å². The molecule has 14 nitrogen and oxygen atoms in total. The van der Waals surface area contributed by atoms with Crippen LogP contribution in [0.2, 0.25) is 0 Å². The first-order chi connectivity index (χ1) is 27.6. The lowest BCUT2D eigenvalue weighted by molar-refractivity contribution is 0.178. The Balaban J connectivity index is 1.36. The molecule has 59 heavy (non-hydrogen) atoms. The van der Waals surface area contributed by atoms with Crippen LogP contribution in [0, 0.1) is 25.2 Å². The number of hydrogen-bond acceptors (Lipinski definition) is 12. The Labute approximate surface area is 349 Å². The van der Waals surface area contributed by atoms with Gasteiger partial charge >= 0.3 is 0 Å². The van der Waals surface area contributed by atoms with Crippen molar-refractivity contribution in [3.8, 4) is 40.7 Å². The molecule has 1 unspecified atom stereocenters. The van der Waals surface area contributed by atoms with E-state index in [0.717, 1.165) is 40.7 Å². The van der Waals surface area contributed by atoms with Gasteiger partial charge in [0.1, 0.15) is 11.6 Å². The molecule has 3 aliphatic heterocycles. The minimum atomic E-state index is -3.35. The second kappa shape index (κ2) is 14.3. The minimum absolute atomic E-state index is 0.262. The third-order valence-corrected chi connectivity index (χ3v) is 16.1. The molecule has 8 rings (SSSR count). The maximum absolute atomic E-state index is 12.6. The molecule has 2 aromatic carbocycles. The van der Waals surface area contributed by atoms with Gasteiger partial charge in [-0.15, -0.1) is 0 Å². The minimum Gasteiger partial charge on any atom is -0.493 e. The molecule has 318 valence electrons. The Bertz CT molecular complexity index is 2520. The fourth-order valence-electron chi connectivity index (χ4n) is 10.8. The summed E-state index contributed by atoms with van der Waals surface area (Å²) in [6.45, 7) is 17.6. The van der Waals surface area contributed by atoms with Crippen molar-refractivity contribution in [2.75, 3.05) is 79.1 Å². The largest absolute Gasteiger partial charge is 0.493 e. The summed E-state index contributed by atoms with van der Waals surface area (Å²) >= 11 is 0. The highest BCUT2D eigenvalue weighted by Crippen LogP contribution is 2.68. The molecule has 0 radical (unpaired) electrons. The van der Waals surface area contributed by atoms with Crippen LogP contribution in [0.25, 0.3) is 0 Å². The third-order valence-electron chi connectivity index (χ3n) is 13.5. The first kappa shape index (κ1) is 41.7. The molecule has 0 N–H and O–H groups in total. The van der Waals surface area contributed by atoms with E-state index in [2.05, 4.69) is 55.7 Å². The summed E-state index contributed by atoms with van der Waals surface area (Å²) in [5.74, 6) is 2.97. The molecule has 1 spiro atoms. The van der Waals surface area contributed by atoms with Crippen molar-refractivity contribution in [2.24, 2.45) is 0 Å². The molecule has 3 aromatic rings. The van der Waals surface area contributed by atoms with Gasteiger partial charge < -0.3 is 18.9 Å². The number of hydrogen-bond donors (Lipinski definition) is 0. The second-order valence-electron chi connectivity index (χ2n) is 18.3. The number of aromatic nitrogens is 1. The summed E-state index contributed by atoms with van der Waals surface area (Å²) in [4.78, 5) is 9.33. The van der Waals surface area contributed by atoms with Crippen molar-refractivity contribution in [1.29, 1.82) is 5.26 Å². The Morgan fingerprint density at radius 1 is 0.746 bits per heavy atom. The zero-order valence-corrected chi connectivity index (χ0v) is 37.5. The van der Waals surface area contributed by atoms with E-state index < -0.39 is 25.5 Å². The van der Waals surface area contributed by atoms with Gasteiger partial charge in [0.25, 0.3) is 5.88 Å². The molecule has 2 fully saturated rings. The summed E-state index contributed by atoms with van der Waals surface area (Å²) in [7, 11) is -3.32. The van der Waals surface area contributed by atoms with E-state index in [1.54, 1.807) is 18.5 Å². The smallest absolute Gasteiger partial charge is 0.265 e. The number of nitriles is 1. The number of piperazine rings is 2. The fourth-order valence-corrected chi connectivity index (χ4v) is 12.4. The lowest BCUT2D eigenvalue weighted by Gasteiger charge is -2.38. The van der Waals surface area contributed by atoms with Crippen LogP contribution in [-0.2, 0) is 49.4 Å². The normalized spacial score (nSPS) is 22.8. The number of methoxy groups -OCH3 is 2. The number of nitrogens with zero attached hydrogens (tertiary/aromatic N) is 6. The van der Waals surface area contributed by atoms with Crippen molar-refractivity contribution >= 4 is 20.0 Å². The topological polar surface area (TPSA) is 155 Å². The maximum Gasteiger partial charge on any atom is 0.265 e. The van der Waals surface area contributed by atoms with E-state index >= 15 is 0 Å². The van der Waals surface area contributed by atoms with Gasteiger partial charge in [0.2, 0.25) is 25.8 Å². The van der Waals surface area contributed by atoms with E-state index in [9.17, 15) is 22.1 Å². The summed E-state index contributed by atoms with van der Waals surface area (Å²) in [5, 5.41) is 10.4. The van der Waals surface area contributed by atoms with Crippen LogP contribution in [0.5, 0.6) is 34.6 Å². The van der Waals surface area contributed by atoms with Crippen LogP contribution < -0.4 is 18.9 Å². The molecule has 1 aromatic heterocycles. The van der Waals surface area contributed by atoms with Crippen molar-refractivity contribution in [1.82, 2.24) is 23.4 Å². The molecule has 1 atom stereocenters. The number of sulfonamides is 2. The Morgan fingerprint density at radius 2 is 1.25 bits per heavy atom. The van der Waals surface area contributed by atoms with Gasteiger partial charge in [-0.1, -0.05) is 27.7 Å². The predicted octanol–water partition coefficient (Wildman–Crippen LogP) is 5.29. The number of fused-ring (bicyclic) bond motifs is 6. The van der Waals surface area contributed by atoms with E-state index in [1.165, 1.54) is 27.9 Å². The number of rotatable bonds is 8. The van der Waals surface area contributed by atoms with E-state index in [4.69, 9.17) is 23.9 Å². The van der Waals surface area contributed by atoms with Gasteiger partial charge in [-0.25, -0.2) is 21.8 Å². The van der Waals surface area contributed by atoms with Gasteiger partial charge in [-0.3, -0.25) is 9.80 Å². The lowest BCUT2D eigenvalue weighted by atomic mass is 9.70. The van der Waals surface area contributed by atoms with Crippen molar-refractivity contribution in [2.45, 2.75) is 83.7 Å².